The molecule has 0 saturated carbocycles. The number of carbonyl (C=O) groups excluding carboxylic acids is 1. The van der Waals surface area contributed by atoms with Crippen LogP contribution in [0.25, 0.3) is 11.2 Å². The van der Waals surface area contributed by atoms with Crippen molar-refractivity contribution in [3.8, 4) is 0 Å². The Morgan fingerprint density at radius 3 is 2.71 bits per heavy atom. The Morgan fingerprint density at radius 1 is 1.18 bits per heavy atom. The van der Waals surface area contributed by atoms with Gasteiger partial charge in [0.05, 0.1) is 6.33 Å². The number of hydrogen-bond donors (Lipinski definition) is 4. The molecule has 0 unspecified atom stereocenters. The predicted octanol–water partition coefficient (Wildman–Crippen LogP) is 0.504. The van der Waals surface area contributed by atoms with Gasteiger partial charge in [0.2, 0.25) is 0 Å². The molecule has 3 rings (SSSR count). The number of amides is 1. The van der Waals surface area contributed by atoms with Crippen molar-refractivity contribution in [2.24, 2.45) is 0 Å². The first-order chi connectivity index (χ1) is 13.5. The van der Waals surface area contributed by atoms with E-state index in [2.05, 4.69) is 27.2 Å². The average Bonchev–Trinajstić information content (AvgIpc) is 3.24. The van der Waals surface area contributed by atoms with Gasteiger partial charge in [-0.25, -0.2) is 15.0 Å². The zero-order valence-corrected chi connectivity index (χ0v) is 16.0. The molecule has 28 heavy (non-hydrogen) atoms. The maximum atomic E-state index is 12.4. The highest BCUT2D eigenvalue weighted by Crippen LogP contribution is 2.32. The quantitative estimate of drug-likeness (QED) is 0.451. The normalized spacial score (nSPS) is 24.7. The summed E-state index contributed by atoms with van der Waals surface area (Å²) in [6.45, 7) is 2.68. The van der Waals surface area contributed by atoms with Gasteiger partial charge in [0.1, 0.15) is 24.1 Å². The lowest BCUT2D eigenvalue weighted by Crippen LogP contribution is -2.43. The highest BCUT2D eigenvalue weighted by atomic mass is 16.6. The van der Waals surface area contributed by atoms with Crippen molar-refractivity contribution in [1.29, 1.82) is 0 Å². The molecule has 0 radical (unpaired) electrons. The van der Waals surface area contributed by atoms with Crippen LogP contribution >= 0.6 is 0 Å². The number of aromatic nitrogens is 4. The van der Waals surface area contributed by atoms with Crippen LogP contribution in [0.5, 0.6) is 0 Å². The van der Waals surface area contributed by atoms with Crippen LogP contribution in [-0.2, 0) is 9.53 Å². The number of carbonyl (C=O) groups is 1. The summed E-state index contributed by atoms with van der Waals surface area (Å²) >= 11 is 0. The minimum atomic E-state index is -1.36. The van der Waals surface area contributed by atoms with E-state index < -0.39 is 30.4 Å². The van der Waals surface area contributed by atoms with Gasteiger partial charge in [0, 0.05) is 6.54 Å². The van der Waals surface area contributed by atoms with Gasteiger partial charge < -0.3 is 26.0 Å². The molecule has 3 heterocycles. The van der Waals surface area contributed by atoms with E-state index in [1.54, 1.807) is 0 Å². The van der Waals surface area contributed by atoms with Gasteiger partial charge in [-0.2, -0.15) is 0 Å². The maximum absolute atomic E-state index is 12.4. The lowest BCUT2D eigenvalue weighted by Gasteiger charge is -2.16. The second-order valence-electron chi connectivity index (χ2n) is 7.07. The van der Waals surface area contributed by atoms with Crippen LogP contribution in [-0.4, -0.2) is 60.5 Å². The summed E-state index contributed by atoms with van der Waals surface area (Å²) in [6, 6.07) is 0. The monoisotopic (exact) mass is 392 g/mol. The molecule has 154 valence electrons. The molecule has 1 aliphatic rings. The Labute approximate surface area is 163 Å². The van der Waals surface area contributed by atoms with Crippen LogP contribution in [0.1, 0.15) is 51.7 Å². The molecule has 1 amide bonds. The van der Waals surface area contributed by atoms with Gasteiger partial charge in [-0.1, -0.05) is 39.0 Å². The van der Waals surface area contributed by atoms with E-state index in [1.165, 1.54) is 36.5 Å². The zero-order chi connectivity index (χ0) is 20.1. The summed E-state index contributed by atoms with van der Waals surface area (Å²) in [6.07, 6.45) is 4.52. The Hall–Kier alpha value is -2.30. The number of ether oxygens (including phenoxy) is 1. The van der Waals surface area contributed by atoms with Crippen molar-refractivity contribution in [1.82, 2.24) is 24.8 Å². The number of fused-ring (bicyclic) bond motifs is 1. The third kappa shape index (κ3) is 4.23. The number of imidazole rings is 1. The number of nitrogens with zero attached hydrogens (tertiary/aromatic N) is 4. The van der Waals surface area contributed by atoms with E-state index in [1.807, 2.05) is 0 Å². The number of anilines is 1. The maximum Gasteiger partial charge on any atom is 0.252 e. The molecule has 0 bridgehead atoms. The van der Waals surface area contributed by atoms with Crippen LogP contribution in [0.15, 0.2) is 12.7 Å². The molecule has 4 atom stereocenters. The molecule has 0 aliphatic carbocycles. The fourth-order valence-electron chi connectivity index (χ4n) is 3.38. The second kappa shape index (κ2) is 9.26. The van der Waals surface area contributed by atoms with Crippen LogP contribution in [0.3, 0.4) is 0 Å². The molecular formula is C18H28N6O4. The third-order valence-electron chi connectivity index (χ3n) is 4.99. The molecule has 0 spiro atoms. The van der Waals surface area contributed by atoms with Crippen molar-refractivity contribution in [3.05, 3.63) is 12.7 Å². The number of nitrogens with one attached hydrogen (secondary N) is 1. The van der Waals surface area contributed by atoms with E-state index in [0.717, 1.165) is 19.3 Å². The number of nitrogens with two attached hydrogens (primary N) is 1. The standard InChI is InChI=1S/C18H28N6O4/c1-2-3-4-5-6-7-8-20-17(27)14-12(25)13(26)18(28-14)24-10-23-11-15(19)21-9-22-16(11)24/h9-10,12-14,18,25-26H,2-8H2,1H3,(H,20,27)(H2,19,21,22)/t12-,13-,14-,18+/m0/s1. The molecule has 1 aliphatic heterocycles. The SMILES string of the molecule is CCCCCCCCNC(=O)[C@H]1O[C@@H](n2cnc3c(N)ncnc32)[C@@H](O)[C@@H]1O. The summed E-state index contributed by atoms with van der Waals surface area (Å²) in [4.78, 5) is 24.5. The Bertz CT molecular complexity index is 797. The van der Waals surface area contributed by atoms with Crippen LogP contribution < -0.4 is 11.1 Å². The number of hydrogen-bond acceptors (Lipinski definition) is 8. The smallest absolute Gasteiger partial charge is 0.252 e. The Balaban J connectivity index is 1.57. The topological polar surface area (TPSA) is 148 Å². The molecule has 1 fully saturated rings. The molecule has 2 aromatic heterocycles. The molecule has 5 N–H and O–H groups in total. The zero-order valence-electron chi connectivity index (χ0n) is 16.0. The largest absolute Gasteiger partial charge is 0.387 e. The lowest BCUT2D eigenvalue weighted by atomic mass is 10.1. The first-order valence-electron chi connectivity index (χ1n) is 9.77. The lowest BCUT2D eigenvalue weighted by molar-refractivity contribution is -0.137. The molecule has 10 nitrogen and oxygen atoms in total. The summed E-state index contributed by atoms with van der Waals surface area (Å²) < 4.78 is 7.11. The Kier molecular flexibility index (Phi) is 6.76. The molecule has 0 aromatic carbocycles. The second-order valence-corrected chi connectivity index (χ2v) is 7.07. The highest BCUT2D eigenvalue weighted by molar-refractivity contribution is 5.82. The van der Waals surface area contributed by atoms with E-state index in [-0.39, 0.29) is 5.82 Å². The highest BCUT2D eigenvalue weighted by Gasteiger charge is 2.47. The number of unbranched alkanes of at least 4 members (excludes halogenated alkanes) is 5. The third-order valence-corrected chi connectivity index (χ3v) is 4.99. The molecule has 10 heteroatoms. The summed E-state index contributed by atoms with van der Waals surface area (Å²) in [5, 5.41) is 23.5. The Morgan fingerprint density at radius 2 is 1.93 bits per heavy atom. The van der Waals surface area contributed by atoms with Crippen molar-refractivity contribution in [2.75, 3.05) is 12.3 Å². The van der Waals surface area contributed by atoms with Gasteiger partial charge in [0.25, 0.3) is 5.91 Å². The summed E-state index contributed by atoms with van der Waals surface area (Å²) in [5.41, 5.74) is 6.49. The molecule has 1 saturated heterocycles. The summed E-state index contributed by atoms with van der Waals surface area (Å²) in [7, 11) is 0. The van der Waals surface area contributed by atoms with Crippen molar-refractivity contribution in [2.45, 2.75) is 70.0 Å². The van der Waals surface area contributed by atoms with E-state index in [0.29, 0.717) is 17.7 Å². The fraction of sp³-hybridized carbons (Fsp3) is 0.667. The van der Waals surface area contributed by atoms with Gasteiger partial charge in [-0.05, 0) is 6.42 Å². The fourth-order valence-corrected chi connectivity index (χ4v) is 3.38. The van der Waals surface area contributed by atoms with Gasteiger partial charge in [-0.3, -0.25) is 9.36 Å². The van der Waals surface area contributed by atoms with Crippen LogP contribution in [0, 0.1) is 0 Å². The molecular weight excluding hydrogens is 364 g/mol. The number of nitrogen functional groups attached to an aromatic ring is 1. The molecule has 2 aromatic rings. The van der Waals surface area contributed by atoms with Crippen molar-refractivity contribution in [3.63, 3.8) is 0 Å². The average molecular weight is 392 g/mol. The number of rotatable bonds is 9. The van der Waals surface area contributed by atoms with E-state index >= 15 is 0 Å². The number of aliphatic hydroxyl groups excluding tert-OH is 2. The first-order valence-corrected chi connectivity index (χ1v) is 9.77. The van der Waals surface area contributed by atoms with E-state index in [9.17, 15) is 15.0 Å². The first kappa shape index (κ1) is 20.4. The minimum Gasteiger partial charge on any atom is -0.387 e. The van der Waals surface area contributed by atoms with Gasteiger partial charge in [0.15, 0.2) is 23.8 Å². The minimum absolute atomic E-state index is 0.199. The summed E-state index contributed by atoms with van der Waals surface area (Å²) in [5.74, 6) is -0.244. The van der Waals surface area contributed by atoms with E-state index in [4.69, 9.17) is 10.5 Å². The van der Waals surface area contributed by atoms with Gasteiger partial charge in [-0.15, -0.1) is 0 Å². The van der Waals surface area contributed by atoms with Crippen LogP contribution in [0.2, 0.25) is 0 Å². The predicted molar refractivity (Wildman–Crippen MR) is 102 cm³/mol. The number of aliphatic hydroxyl groups is 2. The van der Waals surface area contributed by atoms with Crippen molar-refractivity contribution < 1.29 is 19.7 Å². The van der Waals surface area contributed by atoms with Crippen molar-refractivity contribution >= 4 is 22.9 Å². The van der Waals surface area contributed by atoms with Gasteiger partial charge >= 0.3 is 0 Å². The van der Waals surface area contributed by atoms with Crippen LogP contribution in [0.4, 0.5) is 5.82 Å².